The molecule has 0 bridgehead atoms. The molecular weight excluding hydrogens is 418 g/mol. The molecule has 0 saturated carbocycles. The number of hydrogen-bond donors (Lipinski definition) is 2. The van der Waals surface area contributed by atoms with Crippen LogP contribution in [-0.4, -0.2) is 34.4 Å². The number of rotatable bonds is 5. The van der Waals surface area contributed by atoms with Gasteiger partial charge in [-0.2, -0.15) is 10.2 Å². The van der Waals surface area contributed by atoms with Gasteiger partial charge in [-0.25, -0.2) is 10.1 Å². The van der Waals surface area contributed by atoms with Gasteiger partial charge in [-0.05, 0) is 48.5 Å². The van der Waals surface area contributed by atoms with E-state index in [0.717, 1.165) is 17.0 Å². The molecule has 2 amide bonds. The maximum Gasteiger partial charge on any atom is 0.290 e. The summed E-state index contributed by atoms with van der Waals surface area (Å²) in [7, 11) is 1.60. The number of benzene rings is 3. The SMILES string of the molecule is COc1ccc(-c2cc(C(=O)N/N=C3\C(=O)Nc4ccccc43)n(-c3ccccc3)n2)cc1. The van der Waals surface area contributed by atoms with Crippen LogP contribution in [0.1, 0.15) is 16.1 Å². The Morgan fingerprint density at radius 3 is 2.48 bits per heavy atom. The monoisotopic (exact) mass is 437 g/mol. The fourth-order valence-corrected chi connectivity index (χ4v) is 3.59. The van der Waals surface area contributed by atoms with Gasteiger partial charge in [0.05, 0.1) is 24.2 Å². The Bertz CT molecular complexity index is 1370. The first-order valence-electron chi connectivity index (χ1n) is 10.2. The lowest BCUT2D eigenvalue weighted by molar-refractivity contribution is -0.110. The van der Waals surface area contributed by atoms with E-state index in [1.54, 1.807) is 30.0 Å². The van der Waals surface area contributed by atoms with Crippen molar-refractivity contribution in [2.75, 3.05) is 12.4 Å². The van der Waals surface area contributed by atoms with E-state index in [-0.39, 0.29) is 17.3 Å². The van der Waals surface area contributed by atoms with Gasteiger partial charge in [0.15, 0.2) is 5.71 Å². The minimum absolute atomic E-state index is 0.153. The van der Waals surface area contributed by atoms with E-state index in [0.29, 0.717) is 16.9 Å². The number of nitrogens with one attached hydrogen (secondary N) is 2. The van der Waals surface area contributed by atoms with Gasteiger partial charge in [0.1, 0.15) is 11.4 Å². The molecule has 0 unspecified atom stereocenters. The molecule has 8 heteroatoms. The second kappa shape index (κ2) is 8.43. The molecule has 0 saturated heterocycles. The van der Waals surface area contributed by atoms with Gasteiger partial charge in [0, 0.05) is 11.1 Å². The summed E-state index contributed by atoms with van der Waals surface area (Å²) in [5, 5.41) is 11.5. The Labute approximate surface area is 189 Å². The van der Waals surface area contributed by atoms with Gasteiger partial charge in [0.2, 0.25) is 0 Å². The van der Waals surface area contributed by atoms with E-state index < -0.39 is 5.91 Å². The number of anilines is 1. The van der Waals surface area contributed by atoms with Crippen LogP contribution in [-0.2, 0) is 4.79 Å². The summed E-state index contributed by atoms with van der Waals surface area (Å²) < 4.78 is 6.77. The standard InChI is InChI=1S/C25H19N5O3/c1-33-18-13-11-16(12-14-18)21-15-22(30(29-21)17-7-3-2-4-8-17)24(31)28-27-23-19-9-5-6-10-20(19)26-25(23)32/h2-15H,1H3,(H,28,31)(H,26,27,32). The minimum atomic E-state index is -0.490. The van der Waals surface area contributed by atoms with Crippen molar-refractivity contribution in [2.45, 2.75) is 0 Å². The van der Waals surface area contributed by atoms with Crippen molar-refractivity contribution in [3.63, 3.8) is 0 Å². The number of nitrogens with zero attached hydrogens (tertiary/aromatic N) is 3. The van der Waals surface area contributed by atoms with E-state index in [4.69, 9.17) is 4.74 Å². The first-order valence-corrected chi connectivity index (χ1v) is 10.2. The average Bonchev–Trinajstić information content (AvgIpc) is 3.44. The van der Waals surface area contributed by atoms with Gasteiger partial charge in [-0.3, -0.25) is 9.59 Å². The molecule has 0 spiro atoms. The molecule has 1 aromatic heterocycles. The summed E-state index contributed by atoms with van der Waals surface area (Å²) in [4.78, 5) is 25.4. The van der Waals surface area contributed by atoms with E-state index in [2.05, 4.69) is 20.9 Å². The van der Waals surface area contributed by atoms with Crippen molar-refractivity contribution >= 4 is 23.2 Å². The Morgan fingerprint density at radius 1 is 1.00 bits per heavy atom. The highest BCUT2D eigenvalue weighted by molar-refractivity contribution is 6.53. The molecule has 0 atom stereocenters. The smallest absolute Gasteiger partial charge is 0.290 e. The summed E-state index contributed by atoms with van der Waals surface area (Å²) in [6, 6.07) is 25.6. The van der Waals surface area contributed by atoms with Crippen LogP contribution in [0.2, 0.25) is 0 Å². The normalized spacial score (nSPS) is 13.5. The molecule has 2 heterocycles. The third kappa shape index (κ3) is 3.85. The predicted molar refractivity (Wildman–Crippen MR) is 125 cm³/mol. The van der Waals surface area contributed by atoms with Crippen molar-refractivity contribution in [1.82, 2.24) is 15.2 Å². The highest BCUT2D eigenvalue weighted by Crippen LogP contribution is 2.25. The molecule has 8 nitrogen and oxygen atoms in total. The number of carbonyl (C=O) groups excluding carboxylic acids is 2. The molecule has 3 aromatic carbocycles. The summed E-state index contributed by atoms with van der Waals surface area (Å²) in [6.07, 6.45) is 0. The highest BCUT2D eigenvalue weighted by atomic mass is 16.5. The lowest BCUT2D eigenvalue weighted by Gasteiger charge is -2.06. The highest BCUT2D eigenvalue weighted by Gasteiger charge is 2.26. The van der Waals surface area contributed by atoms with Crippen molar-refractivity contribution < 1.29 is 14.3 Å². The molecule has 1 aliphatic heterocycles. The second-order valence-corrected chi connectivity index (χ2v) is 7.29. The minimum Gasteiger partial charge on any atom is -0.497 e. The fraction of sp³-hybridized carbons (Fsp3) is 0.0400. The molecule has 0 radical (unpaired) electrons. The van der Waals surface area contributed by atoms with Crippen LogP contribution in [0.5, 0.6) is 5.75 Å². The van der Waals surface area contributed by atoms with E-state index in [1.165, 1.54) is 0 Å². The number of aromatic nitrogens is 2. The quantitative estimate of drug-likeness (QED) is 0.466. The van der Waals surface area contributed by atoms with E-state index >= 15 is 0 Å². The molecule has 0 fully saturated rings. The van der Waals surface area contributed by atoms with Crippen molar-refractivity contribution in [1.29, 1.82) is 0 Å². The molecule has 1 aliphatic rings. The van der Waals surface area contributed by atoms with Crippen LogP contribution in [0.25, 0.3) is 16.9 Å². The third-order valence-electron chi connectivity index (χ3n) is 5.24. The first-order chi connectivity index (χ1) is 16.1. The lowest BCUT2D eigenvalue weighted by atomic mass is 10.1. The van der Waals surface area contributed by atoms with Crippen LogP contribution >= 0.6 is 0 Å². The number of methoxy groups -OCH3 is 1. The van der Waals surface area contributed by atoms with Gasteiger partial charge in [0.25, 0.3) is 11.8 Å². The Kier molecular flexibility index (Phi) is 5.16. The zero-order valence-electron chi connectivity index (χ0n) is 17.6. The van der Waals surface area contributed by atoms with Crippen molar-refractivity contribution in [2.24, 2.45) is 5.10 Å². The Hall–Kier alpha value is -4.72. The number of para-hydroxylation sites is 2. The number of fused-ring (bicyclic) bond motifs is 1. The Morgan fingerprint density at radius 2 is 1.73 bits per heavy atom. The molecule has 4 aromatic rings. The van der Waals surface area contributed by atoms with Crippen LogP contribution < -0.4 is 15.5 Å². The molecule has 0 aliphatic carbocycles. The average molecular weight is 437 g/mol. The van der Waals surface area contributed by atoms with E-state index in [1.807, 2.05) is 66.7 Å². The van der Waals surface area contributed by atoms with Gasteiger partial charge in [-0.1, -0.05) is 36.4 Å². The third-order valence-corrected chi connectivity index (χ3v) is 5.24. The van der Waals surface area contributed by atoms with Gasteiger partial charge in [-0.15, -0.1) is 0 Å². The molecule has 162 valence electrons. The van der Waals surface area contributed by atoms with Crippen molar-refractivity contribution in [3.05, 3.63) is 96.2 Å². The first kappa shape index (κ1) is 20.2. The zero-order valence-corrected chi connectivity index (χ0v) is 17.6. The number of amides is 2. The molecular formula is C25H19N5O3. The zero-order chi connectivity index (χ0) is 22.8. The van der Waals surface area contributed by atoms with E-state index in [9.17, 15) is 9.59 Å². The summed E-state index contributed by atoms with van der Waals surface area (Å²) >= 11 is 0. The number of carbonyl (C=O) groups is 2. The summed E-state index contributed by atoms with van der Waals surface area (Å²) in [5.74, 6) is -0.132. The van der Waals surface area contributed by atoms with Crippen molar-refractivity contribution in [3.8, 4) is 22.7 Å². The number of hydrogen-bond acceptors (Lipinski definition) is 5. The number of hydrazone groups is 1. The second-order valence-electron chi connectivity index (χ2n) is 7.29. The summed E-state index contributed by atoms with van der Waals surface area (Å²) in [5.41, 5.74) is 6.41. The predicted octanol–water partition coefficient (Wildman–Crippen LogP) is 3.63. The molecule has 5 rings (SSSR count). The van der Waals surface area contributed by atoms with Crippen LogP contribution in [0, 0.1) is 0 Å². The Balaban J connectivity index is 1.50. The lowest BCUT2D eigenvalue weighted by Crippen LogP contribution is -2.25. The maximum absolute atomic E-state index is 13.1. The van der Waals surface area contributed by atoms with Crippen LogP contribution in [0.15, 0.2) is 90.0 Å². The molecule has 33 heavy (non-hydrogen) atoms. The van der Waals surface area contributed by atoms with Crippen LogP contribution in [0.3, 0.4) is 0 Å². The topological polar surface area (TPSA) is 97.6 Å². The summed E-state index contributed by atoms with van der Waals surface area (Å²) in [6.45, 7) is 0. The maximum atomic E-state index is 13.1. The number of ether oxygens (including phenoxy) is 1. The fourth-order valence-electron chi connectivity index (χ4n) is 3.59. The van der Waals surface area contributed by atoms with Crippen LogP contribution in [0.4, 0.5) is 5.69 Å². The largest absolute Gasteiger partial charge is 0.497 e. The molecule has 2 N–H and O–H groups in total. The van der Waals surface area contributed by atoms with Gasteiger partial charge < -0.3 is 10.1 Å². The van der Waals surface area contributed by atoms with Gasteiger partial charge >= 0.3 is 0 Å².